The molecule has 1 fully saturated rings. The van der Waals surface area contributed by atoms with Crippen molar-refractivity contribution in [2.45, 2.75) is 25.0 Å². The summed E-state index contributed by atoms with van der Waals surface area (Å²) in [6, 6.07) is 1.84. The summed E-state index contributed by atoms with van der Waals surface area (Å²) in [5.74, 6) is 0.0683. The second-order valence-electron chi connectivity index (χ2n) is 4.28. The molecule has 0 aliphatic heterocycles. The van der Waals surface area contributed by atoms with Crippen molar-refractivity contribution in [1.29, 1.82) is 0 Å². The van der Waals surface area contributed by atoms with Crippen LogP contribution in [-0.4, -0.2) is 37.3 Å². The van der Waals surface area contributed by atoms with Crippen molar-refractivity contribution >= 4 is 17.5 Å². The summed E-state index contributed by atoms with van der Waals surface area (Å²) in [5.41, 5.74) is 6.55. The van der Waals surface area contributed by atoms with Gasteiger partial charge in [-0.2, -0.15) is 0 Å². The fraction of sp³-hybridized carbons (Fsp3) is 0.500. The Kier molecular flexibility index (Phi) is 3.66. The lowest BCUT2D eigenvalue weighted by molar-refractivity contribution is 0.0328. The number of nitrogens with zero attached hydrogens (tertiary/aromatic N) is 1. The van der Waals surface area contributed by atoms with E-state index in [2.05, 4.69) is 15.0 Å². The second kappa shape index (κ2) is 5.22. The first-order chi connectivity index (χ1) is 8.65. The molecule has 1 aliphatic rings. The SMILES string of the molecule is COC(=O)c1ccnc(NC2CC(OC)C2)c1N. The Balaban J connectivity index is 2.07. The second-order valence-corrected chi connectivity index (χ2v) is 4.28. The standard InChI is InChI=1S/C12H17N3O3/c1-17-8-5-7(6-8)15-11-10(13)9(3-4-14-11)12(16)18-2/h3-4,7-8H,5-6,13H2,1-2H3,(H,14,15). The number of nitrogens with two attached hydrogens (primary N) is 1. The molecule has 1 aliphatic carbocycles. The van der Waals surface area contributed by atoms with E-state index in [-0.39, 0.29) is 6.04 Å². The number of esters is 1. The third-order valence-electron chi connectivity index (χ3n) is 3.16. The van der Waals surface area contributed by atoms with Crippen LogP contribution in [0.15, 0.2) is 12.3 Å². The minimum Gasteiger partial charge on any atom is -0.465 e. The normalized spacial score (nSPS) is 22.1. The molecule has 1 saturated carbocycles. The highest BCUT2D eigenvalue weighted by atomic mass is 16.5. The molecule has 2 rings (SSSR count). The molecule has 0 aromatic carbocycles. The molecule has 98 valence electrons. The number of nitrogen functional groups attached to an aromatic ring is 1. The topological polar surface area (TPSA) is 86.5 Å². The Morgan fingerprint density at radius 1 is 1.50 bits per heavy atom. The smallest absolute Gasteiger partial charge is 0.340 e. The van der Waals surface area contributed by atoms with Crippen LogP contribution in [0.5, 0.6) is 0 Å². The number of hydrogen-bond donors (Lipinski definition) is 2. The molecule has 0 spiro atoms. The van der Waals surface area contributed by atoms with Gasteiger partial charge in [-0.15, -0.1) is 0 Å². The van der Waals surface area contributed by atoms with Crippen LogP contribution in [0.25, 0.3) is 0 Å². The van der Waals surface area contributed by atoms with Crippen LogP contribution < -0.4 is 11.1 Å². The van der Waals surface area contributed by atoms with Crippen LogP contribution in [0.3, 0.4) is 0 Å². The molecular formula is C12H17N3O3. The number of anilines is 2. The van der Waals surface area contributed by atoms with Crippen LogP contribution >= 0.6 is 0 Å². The van der Waals surface area contributed by atoms with Crippen LogP contribution in [0.2, 0.25) is 0 Å². The predicted molar refractivity (Wildman–Crippen MR) is 67.4 cm³/mol. The molecule has 0 radical (unpaired) electrons. The summed E-state index contributed by atoms with van der Waals surface area (Å²) in [6.45, 7) is 0. The zero-order valence-electron chi connectivity index (χ0n) is 10.5. The largest absolute Gasteiger partial charge is 0.465 e. The van der Waals surface area contributed by atoms with Gasteiger partial charge in [0.25, 0.3) is 0 Å². The Morgan fingerprint density at radius 2 is 2.22 bits per heavy atom. The van der Waals surface area contributed by atoms with E-state index in [9.17, 15) is 4.79 Å². The number of pyridine rings is 1. The highest BCUT2D eigenvalue weighted by Crippen LogP contribution is 2.28. The van der Waals surface area contributed by atoms with Crippen LogP contribution in [0.4, 0.5) is 11.5 Å². The molecule has 1 heterocycles. The summed E-state index contributed by atoms with van der Waals surface area (Å²) in [7, 11) is 3.02. The molecule has 3 N–H and O–H groups in total. The number of hydrogen-bond acceptors (Lipinski definition) is 6. The summed E-state index contributed by atoms with van der Waals surface area (Å²) < 4.78 is 9.86. The van der Waals surface area contributed by atoms with E-state index in [1.165, 1.54) is 13.3 Å². The number of ether oxygens (including phenoxy) is 2. The van der Waals surface area contributed by atoms with Gasteiger partial charge in [0, 0.05) is 19.3 Å². The maximum absolute atomic E-state index is 11.5. The Hall–Kier alpha value is -1.82. The first kappa shape index (κ1) is 12.6. The van der Waals surface area contributed by atoms with Crippen molar-refractivity contribution in [1.82, 2.24) is 4.98 Å². The van der Waals surface area contributed by atoms with E-state index in [0.29, 0.717) is 23.2 Å². The number of rotatable bonds is 4. The summed E-state index contributed by atoms with van der Waals surface area (Å²) in [5, 5.41) is 3.21. The van der Waals surface area contributed by atoms with Crippen LogP contribution in [0.1, 0.15) is 23.2 Å². The molecular weight excluding hydrogens is 234 g/mol. The molecule has 6 nitrogen and oxygen atoms in total. The average Bonchev–Trinajstić information content (AvgIpc) is 2.34. The Morgan fingerprint density at radius 3 is 2.83 bits per heavy atom. The van der Waals surface area contributed by atoms with Gasteiger partial charge in [0.1, 0.15) is 5.82 Å². The van der Waals surface area contributed by atoms with E-state index < -0.39 is 5.97 Å². The molecule has 18 heavy (non-hydrogen) atoms. The summed E-state index contributed by atoms with van der Waals surface area (Å²) in [4.78, 5) is 15.6. The van der Waals surface area contributed by atoms with Gasteiger partial charge < -0.3 is 20.5 Å². The zero-order chi connectivity index (χ0) is 13.1. The van der Waals surface area contributed by atoms with Crippen molar-refractivity contribution in [2.75, 3.05) is 25.3 Å². The fourth-order valence-corrected chi connectivity index (χ4v) is 1.95. The third kappa shape index (κ3) is 2.38. The summed E-state index contributed by atoms with van der Waals surface area (Å²) in [6.07, 6.45) is 3.67. The lowest BCUT2D eigenvalue weighted by Gasteiger charge is -2.35. The first-order valence-electron chi connectivity index (χ1n) is 5.77. The third-order valence-corrected chi connectivity index (χ3v) is 3.16. The maximum atomic E-state index is 11.5. The molecule has 6 heteroatoms. The van der Waals surface area contributed by atoms with E-state index in [1.807, 2.05) is 0 Å². The van der Waals surface area contributed by atoms with Gasteiger partial charge in [0.2, 0.25) is 0 Å². The lowest BCUT2D eigenvalue weighted by atomic mass is 9.89. The van der Waals surface area contributed by atoms with Crippen molar-refractivity contribution in [3.8, 4) is 0 Å². The van der Waals surface area contributed by atoms with Gasteiger partial charge in [0.05, 0.1) is 24.5 Å². The van der Waals surface area contributed by atoms with Crippen molar-refractivity contribution in [2.24, 2.45) is 0 Å². The Bertz CT molecular complexity index is 444. The Labute approximate surface area is 105 Å². The van der Waals surface area contributed by atoms with Gasteiger partial charge >= 0.3 is 5.97 Å². The van der Waals surface area contributed by atoms with E-state index >= 15 is 0 Å². The van der Waals surface area contributed by atoms with Gasteiger partial charge in [0.15, 0.2) is 0 Å². The highest BCUT2D eigenvalue weighted by Gasteiger charge is 2.29. The van der Waals surface area contributed by atoms with Gasteiger partial charge in [-0.25, -0.2) is 9.78 Å². The number of nitrogens with one attached hydrogen (secondary N) is 1. The van der Waals surface area contributed by atoms with Gasteiger partial charge in [-0.3, -0.25) is 0 Å². The maximum Gasteiger partial charge on any atom is 0.340 e. The predicted octanol–water partition coefficient (Wildman–Crippen LogP) is 1.04. The van der Waals surface area contributed by atoms with Crippen molar-refractivity contribution in [3.63, 3.8) is 0 Å². The van der Waals surface area contributed by atoms with E-state index in [4.69, 9.17) is 10.5 Å². The van der Waals surface area contributed by atoms with Gasteiger partial charge in [-0.05, 0) is 18.9 Å². The van der Waals surface area contributed by atoms with Crippen LogP contribution in [0, 0.1) is 0 Å². The number of carbonyl (C=O) groups is 1. The molecule has 0 saturated heterocycles. The molecule has 0 amide bonds. The molecule has 0 bridgehead atoms. The van der Waals surface area contributed by atoms with E-state index in [0.717, 1.165) is 12.8 Å². The minimum atomic E-state index is -0.457. The molecule has 0 atom stereocenters. The molecule has 0 unspecified atom stereocenters. The van der Waals surface area contributed by atoms with Crippen molar-refractivity contribution < 1.29 is 14.3 Å². The highest BCUT2D eigenvalue weighted by molar-refractivity contribution is 5.97. The monoisotopic (exact) mass is 251 g/mol. The zero-order valence-corrected chi connectivity index (χ0v) is 10.5. The van der Waals surface area contributed by atoms with Crippen LogP contribution in [-0.2, 0) is 9.47 Å². The first-order valence-corrected chi connectivity index (χ1v) is 5.77. The number of methoxy groups -OCH3 is 2. The molecule has 1 aromatic heterocycles. The summed E-state index contributed by atoms with van der Waals surface area (Å²) >= 11 is 0. The minimum absolute atomic E-state index is 0.289. The quantitative estimate of drug-likeness (QED) is 0.777. The number of aromatic nitrogens is 1. The lowest BCUT2D eigenvalue weighted by Crippen LogP contribution is -2.40. The van der Waals surface area contributed by atoms with E-state index in [1.54, 1.807) is 13.2 Å². The van der Waals surface area contributed by atoms with Gasteiger partial charge in [-0.1, -0.05) is 0 Å². The average molecular weight is 251 g/mol. The fourth-order valence-electron chi connectivity index (χ4n) is 1.95. The van der Waals surface area contributed by atoms with Crippen molar-refractivity contribution in [3.05, 3.63) is 17.8 Å². The molecule has 1 aromatic rings. The number of carbonyl (C=O) groups excluding carboxylic acids is 1.